The number of hydrogen-bond donors (Lipinski definition) is 1. The smallest absolute Gasteiger partial charge is 0.230 e. The van der Waals surface area contributed by atoms with Gasteiger partial charge in [0.2, 0.25) is 5.91 Å². The van der Waals surface area contributed by atoms with Crippen LogP contribution in [0.1, 0.15) is 58.3 Å². The predicted octanol–water partition coefficient (Wildman–Crippen LogP) is 3.61. The number of unbranched alkanes of at least 4 members (excludes halogenated alkanes) is 5. The van der Waals surface area contributed by atoms with E-state index in [0.717, 1.165) is 12.8 Å². The zero-order valence-corrected chi connectivity index (χ0v) is 16.2. The largest absolute Gasteiger partial charge is 0.355 e. The number of thiocarbonyl (C=S) groups is 1. The van der Waals surface area contributed by atoms with Crippen LogP contribution in [-0.2, 0) is 4.79 Å². The van der Waals surface area contributed by atoms with Gasteiger partial charge in [0, 0.05) is 19.6 Å². The van der Waals surface area contributed by atoms with Crippen molar-refractivity contribution in [3.05, 3.63) is 0 Å². The van der Waals surface area contributed by atoms with Gasteiger partial charge in [-0.1, -0.05) is 63.0 Å². The van der Waals surface area contributed by atoms with Crippen molar-refractivity contribution in [1.29, 1.82) is 10.5 Å². The second-order valence-corrected chi connectivity index (χ2v) is 7.08. The van der Waals surface area contributed by atoms with Crippen LogP contribution in [0.3, 0.4) is 0 Å². The Morgan fingerprint density at radius 3 is 2.25 bits per heavy atom. The minimum absolute atomic E-state index is 0.0172. The van der Waals surface area contributed by atoms with Gasteiger partial charge in [-0.2, -0.15) is 10.5 Å². The SMILES string of the molecule is CCCCCCCCNC(=O)CSC(=S)N(CCC#N)CCC#N. The Morgan fingerprint density at radius 2 is 1.67 bits per heavy atom. The monoisotopic (exact) mass is 368 g/mol. The Morgan fingerprint density at radius 1 is 1.08 bits per heavy atom. The summed E-state index contributed by atoms with van der Waals surface area (Å²) in [4.78, 5) is 13.6. The number of carbonyl (C=O) groups is 1. The van der Waals surface area contributed by atoms with Crippen molar-refractivity contribution in [2.24, 2.45) is 0 Å². The molecule has 0 radical (unpaired) electrons. The molecule has 134 valence electrons. The molecule has 0 spiro atoms. The molecule has 0 unspecified atom stereocenters. The molecule has 0 atom stereocenters. The molecule has 7 heteroatoms. The van der Waals surface area contributed by atoms with Gasteiger partial charge in [0.15, 0.2) is 0 Å². The molecule has 0 aromatic rings. The maximum Gasteiger partial charge on any atom is 0.230 e. The second-order valence-electron chi connectivity index (χ2n) is 5.48. The third kappa shape index (κ3) is 13.2. The summed E-state index contributed by atoms with van der Waals surface area (Å²) in [5.74, 6) is 0.265. The van der Waals surface area contributed by atoms with Gasteiger partial charge >= 0.3 is 0 Å². The summed E-state index contributed by atoms with van der Waals surface area (Å²) < 4.78 is 0.579. The zero-order chi connectivity index (χ0) is 18.0. The maximum absolute atomic E-state index is 11.8. The topological polar surface area (TPSA) is 79.9 Å². The molecule has 0 aliphatic heterocycles. The summed E-state index contributed by atoms with van der Waals surface area (Å²) >= 11 is 6.60. The lowest BCUT2D eigenvalue weighted by Gasteiger charge is -2.22. The van der Waals surface area contributed by atoms with Gasteiger partial charge in [-0.25, -0.2) is 0 Å². The molecule has 0 saturated carbocycles. The lowest BCUT2D eigenvalue weighted by molar-refractivity contribution is -0.118. The van der Waals surface area contributed by atoms with E-state index in [2.05, 4.69) is 24.4 Å². The first-order valence-electron chi connectivity index (χ1n) is 8.58. The highest BCUT2D eigenvalue weighted by Gasteiger charge is 2.11. The fraction of sp³-hybridized carbons (Fsp3) is 0.765. The van der Waals surface area contributed by atoms with Crippen molar-refractivity contribution in [1.82, 2.24) is 10.2 Å². The lowest BCUT2D eigenvalue weighted by Crippen LogP contribution is -2.32. The van der Waals surface area contributed by atoms with E-state index < -0.39 is 0 Å². The average molecular weight is 369 g/mol. The third-order valence-electron chi connectivity index (χ3n) is 3.42. The molecular weight excluding hydrogens is 340 g/mol. The molecule has 0 rings (SSSR count). The number of rotatable bonds is 13. The molecule has 24 heavy (non-hydrogen) atoms. The summed E-state index contributed by atoms with van der Waals surface area (Å²) in [5.41, 5.74) is 0. The van der Waals surface area contributed by atoms with Crippen molar-refractivity contribution >= 4 is 34.2 Å². The number of nitrogens with zero attached hydrogens (tertiary/aromatic N) is 3. The van der Waals surface area contributed by atoms with Crippen molar-refractivity contribution in [3.8, 4) is 12.1 Å². The number of nitrogens with one attached hydrogen (secondary N) is 1. The van der Waals surface area contributed by atoms with Crippen LogP contribution in [0, 0.1) is 22.7 Å². The lowest BCUT2D eigenvalue weighted by atomic mass is 10.1. The van der Waals surface area contributed by atoms with Gasteiger partial charge in [-0.3, -0.25) is 4.79 Å². The maximum atomic E-state index is 11.8. The minimum atomic E-state index is -0.0172. The van der Waals surface area contributed by atoms with Crippen molar-refractivity contribution in [2.45, 2.75) is 58.3 Å². The number of hydrogen-bond acceptors (Lipinski definition) is 5. The fourth-order valence-corrected chi connectivity index (χ4v) is 3.15. The van der Waals surface area contributed by atoms with Gasteiger partial charge in [-0.15, -0.1) is 0 Å². The van der Waals surface area contributed by atoms with Crippen molar-refractivity contribution in [2.75, 3.05) is 25.4 Å². The van der Waals surface area contributed by atoms with Crippen LogP contribution in [0.5, 0.6) is 0 Å². The van der Waals surface area contributed by atoms with Gasteiger partial charge in [-0.05, 0) is 6.42 Å². The normalized spacial score (nSPS) is 9.79. The predicted molar refractivity (Wildman–Crippen MR) is 103 cm³/mol. The molecule has 0 aliphatic rings. The van der Waals surface area contributed by atoms with E-state index in [1.54, 1.807) is 0 Å². The molecule has 0 aromatic carbocycles. The Kier molecular flexibility index (Phi) is 15.6. The summed E-state index contributed by atoms with van der Waals surface area (Å²) in [5, 5.41) is 20.3. The molecule has 0 heterocycles. The van der Waals surface area contributed by atoms with Gasteiger partial charge in [0.05, 0.1) is 30.7 Å². The quantitative estimate of drug-likeness (QED) is 0.395. The molecule has 0 bridgehead atoms. The van der Waals surface area contributed by atoms with Crippen LogP contribution in [0.15, 0.2) is 0 Å². The summed E-state index contributed by atoms with van der Waals surface area (Å²) in [6.45, 7) is 3.92. The molecule has 0 aromatic heterocycles. The Hall–Kier alpha value is -1.31. The van der Waals surface area contributed by atoms with E-state index >= 15 is 0 Å². The highest BCUT2D eigenvalue weighted by molar-refractivity contribution is 8.23. The molecule has 0 saturated heterocycles. The molecule has 5 nitrogen and oxygen atoms in total. The first-order chi connectivity index (χ1) is 11.7. The molecule has 0 fully saturated rings. The minimum Gasteiger partial charge on any atom is -0.355 e. The first kappa shape index (κ1) is 22.7. The van der Waals surface area contributed by atoms with Crippen LogP contribution >= 0.6 is 24.0 Å². The van der Waals surface area contributed by atoms with E-state index in [1.165, 1.54) is 37.4 Å². The Labute approximate surface area is 155 Å². The number of thioether (sulfide) groups is 1. The van der Waals surface area contributed by atoms with Crippen molar-refractivity contribution < 1.29 is 4.79 Å². The number of amides is 1. The van der Waals surface area contributed by atoms with Crippen LogP contribution in [-0.4, -0.2) is 40.5 Å². The highest BCUT2D eigenvalue weighted by Crippen LogP contribution is 2.11. The third-order valence-corrected chi connectivity index (χ3v) is 4.95. The average Bonchev–Trinajstić information content (AvgIpc) is 2.59. The van der Waals surface area contributed by atoms with Gasteiger partial charge < -0.3 is 10.2 Å². The summed E-state index contributed by atoms with van der Waals surface area (Å²) in [6, 6.07) is 4.15. The Balaban J connectivity index is 3.86. The zero-order valence-electron chi connectivity index (χ0n) is 14.6. The second kappa shape index (κ2) is 16.5. The van der Waals surface area contributed by atoms with Gasteiger partial charge in [0.1, 0.15) is 4.32 Å². The van der Waals surface area contributed by atoms with Crippen LogP contribution in [0.2, 0.25) is 0 Å². The van der Waals surface area contributed by atoms with Crippen LogP contribution < -0.4 is 5.32 Å². The van der Waals surface area contributed by atoms with Crippen molar-refractivity contribution in [3.63, 3.8) is 0 Å². The molecule has 0 aliphatic carbocycles. The van der Waals surface area contributed by atoms with E-state index in [4.69, 9.17) is 22.7 Å². The van der Waals surface area contributed by atoms with Crippen LogP contribution in [0.4, 0.5) is 0 Å². The van der Waals surface area contributed by atoms with Gasteiger partial charge in [0.25, 0.3) is 0 Å². The Bertz CT molecular complexity index is 425. The molecule has 1 N–H and O–H groups in total. The van der Waals surface area contributed by atoms with E-state index in [0.29, 0.717) is 36.8 Å². The standard InChI is InChI=1S/C17H28N4OS2/c1-2-3-4-5-6-7-12-20-16(22)15-24-17(23)21(13-8-10-18)14-9-11-19/h2-9,12-15H2,1H3,(H,20,22). The summed E-state index contributed by atoms with van der Waals surface area (Å²) in [6.07, 6.45) is 7.92. The van der Waals surface area contributed by atoms with E-state index in [1.807, 2.05) is 4.90 Å². The van der Waals surface area contributed by atoms with E-state index in [-0.39, 0.29) is 11.7 Å². The fourth-order valence-electron chi connectivity index (χ4n) is 2.07. The molecular formula is C17H28N4OS2. The van der Waals surface area contributed by atoms with E-state index in [9.17, 15) is 4.79 Å². The number of carbonyl (C=O) groups excluding carboxylic acids is 1. The van der Waals surface area contributed by atoms with Crippen LogP contribution in [0.25, 0.3) is 0 Å². The summed E-state index contributed by atoms with van der Waals surface area (Å²) in [7, 11) is 0. The highest BCUT2D eigenvalue weighted by atomic mass is 32.2. The number of nitriles is 2. The molecule has 1 amide bonds. The first-order valence-corrected chi connectivity index (χ1v) is 9.97.